The normalized spacial score (nSPS) is 11.5. The van der Waals surface area contributed by atoms with Crippen LogP contribution >= 0.6 is 11.6 Å². The lowest BCUT2D eigenvalue weighted by Gasteiger charge is -2.00. The zero-order valence-electron chi connectivity index (χ0n) is 7.34. The molecular formula is C9H9ClFNO. The van der Waals surface area contributed by atoms with Gasteiger partial charge >= 0.3 is 0 Å². The smallest absolute Gasteiger partial charge is 0.142 e. The van der Waals surface area contributed by atoms with Gasteiger partial charge in [0.1, 0.15) is 12.9 Å². The van der Waals surface area contributed by atoms with Crippen molar-refractivity contribution < 1.29 is 9.23 Å². The van der Waals surface area contributed by atoms with Crippen LogP contribution in [0, 0.1) is 5.82 Å². The second-order valence-corrected chi connectivity index (χ2v) is 2.90. The number of nitrogens with zero attached hydrogens (tertiary/aromatic N) is 1. The van der Waals surface area contributed by atoms with Crippen LogP contribution in [0.15, 0.2) is 23.4 Å². The minimum absolute atomic E-state index is 0.106. The monoisotopic (exact) mass is 201 g/mol. The fourth-order valence-corrected chi connectivity index (χ4v) is 1.03. The van der Waals surface area contributed by atoms with E-state index < -0.39 is 5.82 Å². The Morgan fingerprint density at radius 1 is 1.54 bits per heavy atom. The van der Waals surface area contributed by atoms with E-state index in [4.69, 9.17) is 11.6 Å². The van der Waals surface area contributed by atoms with Gasteiger partial charge in [0.2, 0.25) is 0 Å². The third kappa shape index (κ3) is 2.42. The van der Waals surface area contributed by atoms with Gasteiger partial charge in [0.15, 0.2) is 0 Å². The minimum Gasteiger partial charge on any atom is -0.399 e. The lowest BCUT2D eigenvalue weighted by molar-refractivity contribution is 0.213. The quantitative estimate of drug-likeness (QED) is 0.533. The predicted molar refractivity (Wildman–Crippen MR) is 50.6 cm³/mol. The highest BCUT2D eigenvalue weighted by Crippen LogP contribution is 2.15. The van der Waals surface area contributed by atoms with Gasteiger partial charge in [-0.3, -0.25) is 0 Å². The Labute approximate surface area is 81.0 Å². The van der Waals surface area contributed by atoms with Gasteiger partial charge in [0, 0.05) is 5.56 Å². The van der Waals surface area contributed by atoms with E-state index in [1.54, 1.807) is 13.0 Å². The van der Waals surface area contributed by atoms with Crippen molar-refractivity contribution >= 4 is 17.3 Å². The molecule has 0 aliphatic carbocycles. The first-order valence-corrected chi connectivity index (χ1v) is 4.06. The first-order valence-electron chi connectivity index (χ1n) is 3.68. The molecule has 0 aliphatic rings. The Morgan fingerprint density at radius 2 is 2.23 bits per heavy atom. The summed E-state index contributed by atoms with van der Waals surface area (Å²) in [4.78, 5) is 4.56. The van der Waals surface area contributed by atoms with E-state index in [2.05, 4.69) is 9.99 Å². The second kappa shape index (κ2) is 4.23. The number of halogens is 2. The van der Waals surface area contributed by atoms with Gasteiger partial charge in [0.05, 0.1) is 10.7 Å². The average Bonchev–Trinajstić information content (AvgIpc) is 2.10. The van der Waals surface area contributed by atoms with Crippen LogP contribution < -0.4 is 0 Å². The van der Waals surface area contributed by atoms with Crippen molar-refractivity contribution in [3.63, 3.8) is 0 Å². The summed E-state index contributed by atoms with van der Waals surface area (Å²) in [7, 11) is 1.44. The SMILES string of the molecule is CO/N=C(/C)c1ccc(Cl)c(F)c1. The number of oxime groups is 1. The fourth-order valence-electron chi connectivity index (χ4n) is 0.911. The molecule has 4 heteroatoms. The zero-order valence-corrected chi connectivity index (χ0v) is 8.10. The summed E-state index contributed by atoms with van der Waals surface area (Å²) >= 11 is 5.52. The number of hydrogen-bond acceptors (Lipinski definition) is 2. The molecule has 0 unspecified atom stereocenters. The van der Waals surface area contributed by atoms with Gasteiger partial charge in [-0.15, -0.1) is 0 Å². The molecule has 1 rings (SSSR count). The summed E-state index contributed by atoms with van der Waals surface area (Å²) in [5, 5.41) is 3.78. The summed E-state index contributed by atoms with van der Waals surface area (Å²) in [6.07, 6.45) is 0. The lowest BCUT2D eigenvalue weighted by atomic mass is 10.1. The molecule has 0 atom stereocenters. The highest BCUT2D eigenvalue weighted by atomic mass is 35.5. The van der Waals surface area contributed by atoms with Crippen molar-refractivity contribution in [1.82, 2.24) is 0 Å². The van der Waals surface area contributed by atoms with Crippen LogP contribution in [-0.2, 0) is 4.84 Å². The van der Waals surface area contributed by atoms with E-state index in [1.165, 1.54) is 19.2 Å². The van der Waals surface area contributed by atoms with Gasteiger partial charge in [-0.05, 0) is 19.1 Å². The molecule has 0 aromatic heterocycles. The highest BCUT2D eigenvalue weighted by molar-refractivity contribution is 6.30. The van der Waals surface area contributed by atoms with E-state index in [0.29, 0.717) is 11.3 Å². The van der Waals surface area contributed by atoms with Gasteiger partial charge in [-0.25, -0.2) is 4.39 Å². The van der Waals surface area contributed by atoms with Crippen LogP contribution in [0.3, 0.4) is 0 Å². The maximum absolute atomic E-state index is 13.0. The average molecular weight is 202 g/mol. The summed E-state index contributed by atoms with van der Waals surface area (Å²) < 4.78 is 13.0. The molecule has 1 aromatic carbocycles. The summed E-state index contributed by atoms with van der Waals surface area (Å²) in [5.41, 5.74) is 1.27. The second-order valence-electron chi connectivity index (χ2n) is 2.49. The summed E-state index contributed by atoms with van der Waals surface area (Å²) in [6, 6.07) is 4.49. The number of rotatable bonds is 2. The molecule has 0 aliphatic heterocycles. The van der Waals surface area contributed by atoms with Crippen molar-refractivity contribution in [2.45, 2.75) is 6.92 Å². The molecule has 0 saturated heterocycles. The first-order chi connectivity index (χ1) is 6.15. The van der Waals surface area contributed by atoms with Crippen molar-refractivity contribution in [2.24, 2.45) is 5.16 Å². The maximum atomic E-state index is 13.0. The van der Waals surface area contributed by atoms with Crippen LogP contribution in [0.25, 0.3) is 0 Å². The maximum Gasteiger partial charge on any atom is 0.142 e. The molecule has 2 nitrogen and oxygen atoms in total. The lowest BCUT2D eigenvalue weighted by Crippen LogP contribution is -1.96. The Balaban J connectivity index is 3.04. The minimum atomic E-state index is -0.454. The van der Waals surface area contributed by atoms with E-state index in [0.717, 1.165) is 0 Å². The molecule has 1 aromatic rings. The van der Waals surface area contributed by atoms with Crippen molar-refractivity contribution in [3.05, 3.63) is 34.6 Å². The molecule has 0 fully saturated rings. The van der Waals surface area contributed by atoms with Gasteiger partial charge in [0.25, 0.3) is 0 Å². The first kappa shape index (κ1) is 9.99. The zero-order chi connectivity index (χ0) is 9.84. The van der Waals surface area contributed by atoms with E-state index >= 15 is 0 Å². The van der Waals surface area contributed by atoms with Crippen LogP contribution in [0.5, 0.6) is 0 Å². The topological polar surface area (TPSA) is 21.6 Å². The van der Waals surface area contributed by atoms with Gasteiger partial charge < -0.3 is 4.84 Å². The standard InChI is InChI=1S/C9H9ClFNO/c1-6(12-13-2)7-3-4-8(10)9(11)5-7/h3-5H,1-2H3/b12-6-. The highest BCUT2D eigenvalue weighted by Gasteiger charge is 2.03. The molecule has 0 spiro atoms. The van der Waals surface area contributed by atoms with Crippen molar-refractivity contribution in [1.29, 1.82) is 0 Å². The largest absolute Gasteiger partial charge is 0.399 e. The van der Waals surface area contributed by atoms with Crippen LogP contribution in [0.1, 0.15) is 12.5 Å². The van der Waals surface area contributed by atoms with Gasteiger partial charge in [-0.2, -0.15) is 0 Å². The van der Waals surface area contributed by atoms with Crippen molar-refractivity contribution in [3.8, 4) is 0 Å². The molecule has 0 heterocycles. The van der Waals surface area contributed by atoms with E-state index in [9.17, 15) is 4.39 Å². The van der Waals surface area contributed by atoms with Crippen LogP contribution in [0.4, 0.5) is 4.39 Å². The molecule has 70 valence electrons. The summed E-state index contributed by atoms with van der Waals surface area (Å²) in [5.74, 6) is -0.454. The predicted octanol–water partition coefficient (Wildman–Crippen LogP) is 2.85. The molecule has 0 N–H and O–H groups in total. The Bertz CT molecular complexity index is 338. The fraction of sp³-hybridized carbons (Fsp3) is 0.222. The molecule has 13 heavy (non-hydrogen) atoms. The van der Waals surface area contributed by atoms with E-state index in [1.807, 2.05) is 0 Å². The Morgan fingerprint density at radius 3 is 2.77 bits per heavy atom. The molecular weight excluding hydrogens is 193 g/mol. The van der Waals surface area contributed by atoms with Gasteiger partial charge in [-0.1, -0.05) is 22.8 Å². The molecule has 0 amide bonds. The third-order valence-corrected chi connectivity index (χ3v) is 1.87. The van der Waals surface area contributed by atoms with Crippen LogP contribution in [0.2, 0.25) is 5.02 Å². The molecule has 0 bridgehead atoms. The third-order valence-electron chi connectivity index (χ3n) is 1.57. The summed E-state index contributed by atoms with van der Waals surface area (Å²) in [6.45, 7) is 1.73. The van der Waals surface area contributed by atoms with Crippen LogP contribution in [-0.4, -0.2) is 12.8 Å². The van der Waals surface area contributed by atoms with Crippen molar-refractivity contribution in [2.75, 3.05) is 7.11 Å². The number of hydrogen-bond donors (Lipinski definition) is 0. The molecule has 0 radical (unpaired) electrons. The number of benzene rings is 1. The Kier molecular flexibility index (Phi) is 3.25. The Hall–Kier alpha value is -1.09. The van der Waals surface area contributed by atoms with E-state index in [-0.39, 0.29) is 5.02 Å². The molecule has 0 saturated carbocycles.